The van der Waals surface area contributed by atoms with Gasteiger partial charge in [0.15, 0.2) is 0 Å². The lowest BCUT2D eigenvalue weighted by Crippen LogP contribution is -2.29. The molecule has 86 valence electrons. The fraction of sp³-hybridized carbons (Fsp3) is 0.333. The molecular weight excluding hydrogens is 271 g/mol. The molecule has 1 aromatic rings. The molecule has 2 nitrogen and oxygen atoms in total. The molecule has 0 spiro atoms. The van der Waals surface area contributed by atoms with Gasteiger partial charge in [0.2, 0.25) is 0 Å². The van der Waals surface area contributed by atoms with Crippen molar-refractivity contribution in [2.75, 3.05) is 13.1 Å². The average Bonchev–Trinajstić information content (AvgIpc) is 2.28. The normalized spacial score (nSPS) is 11.8. The minimum absolute atomic E-state index is 0.210. The third-order valence-corrected chi connectivity index (χ3v) is 2.68. The van der Waals surface area contributed by atoms with E-state index in [2.05, 4.69) is 33.1 Å². The first-order valence-corrected chi connectivity index (χ1v) is 5.76. The molecule has 0 aromatic heterocycles. The van der Waals surface area contributed by atoms with Crippen molar-refractivity contribution >= 4 is 15.9 Å². The number of hydrogen-bond donors (Lipinski definition) is 2. The Morgan fingerprint density at radius 3 is 2.94 bits per heavy atom. The van der Waals surface area contributed by atoms with Crippen LogP contribution in [0.15, 0.2) is 22.7 Å². The van der Waals surface area contributed by atoms with Gasteiger partial charge in [-0.15, -0.1) is 5.92 Å². The van der Waals surface area contributed by atoms with E-state index in [1.807, 2.05) is 0 Å². The van der Waals surface area contributed by atoms with Crippen molar-refractivity contribution in [3.05, 3.63) is 34.1 Å². The second-order valence-corrected chi connectivity index (χ2v) is 4.18. The Morgan fingerprint density at radius 2 is 2.31 bits per heavy atom. The Bertz CT molecular complexity index is 409. The van der Waals surface area contributed by atoms with Gasteiger partial charge in [-0.2, -0.15) is 0 Å². The highest BCUT2D eigenvalue weighted by molar-refractivity contribution is 9.10. The summed E-state index contributed by atoms with van der Waals surface area (Å²) in [5, 5.41) is 3.10. The summed E-state index contributed by atoms with van der Waals surface area (Å²) in [6.45, 7) is 2.60. The topological polar surface area (TPSA) is 38.0 Å². The van der Waals surface area contributed by atoms with E-state index in [0.717, 1.165) is 4.47 Å². The maximum atomic E-state index is 13.6. The van der Waals surface area contributed by atoms with Gasteiger partial charge in [0.25, 0.3) is 0 Å². The molecule has 0 amide bonds. The van der Waals surface area contributed by atoms with E-state index in [1.54, 1.807) is 19.1 Å². The number of halogens is 2. The smallest absolute Gasteiger partial charge is 0.128 e. The zero-order valence-electron chi connectivity index (χ0n) is 9.06. The molecule has 0 fully saturated rings. The summed E-state index contributed by atoms with van der Waals surface area (Å²) < 4.78 is 14.4. The maximum absolute atomic E-state index is 13.6. The van der Waals surface area contributed by atoms with E-state index >= 15 is 0 Å². The van der Waals surface area contributed by atoms with Crippen LogP contribution in [0.1, 0.15) is 18.5 Å². The Labute approximate surface area is 104 Å². The molecule has 0 heterocycles. The highest BCUT2D eigenvalue weighted by Gasteiger charge is 2.13. The van der Waals surface area contributed by atoms with Crippen molar-refractivity contribution in [2.45, 2.75) is 13.0 Å². The summed E-state index contributed by atoms with van der Waals surface area (Å²) in [5.74, 6) is 5.38. The lowest BCUT2D eigenvalue weighted by Gasteiger charge is -2.16. The third kappa shape index (κ3) is 3.60. The molecule has 0 radical (unpaired) electrons. The van der Waals surface area contributed by atoms with Crippen molar-refractivity contribution in [3.8, 4) is 11.8 Å². The lowest BCUT2D eigenvalue weighted by atomic mass is 10.1. The van der Waals surface area contributed by atoms with E-state index in [4.69, 9.17) is 5.73 Å². The minimum Gasteiger partial charge on any atom is -0.329 e. The highest BCUT2D eigenvalue weighted by Crippen LogP contribution is 2.21. The van der Waals surface area contributed by atoms with Crippen molar-refractivity contribution in [3.63, 3.8) is 0 Å². The summed E-state index contributed by atoms with van der Waals surface area (Å²) in [4.78, 5) is 0. The molecule has 1 unspecified atom stereocenters. The number of nitrogens with one attached hydrogen (secondary N) is 1. The first-order chi connectivity index (χ1) is 7.69. The molecule has 0 saturated carbocycles. The van der Waals surface area contributed by atoms with Gasteiger partial charge in [0, 0.05) is 22.6 Å². The minimum atomic E-state index is -0.254. The summed E-state index contributed by atoms with van der Waals surface area (Å²) in [6, 6.07) is 4.62. The quantitative estimate of drug-likeness (QED) is 0.832. The third-order valence-electron chi connectivity index (χ3n) is 2.18. The van der Waals surface area contributed by atoms with Crippen molar-refractivity contribution in [1.82, 2.24) is 5.32 Å². The summed E-state index contributed by atoms with van der Waals surface area (Å²) in [7, 11) is 0. The van der Waals surface area contributed by atoms with Crippen LogP contribution in [-0.4, -0.2) is 13.1 Å². The molecular formula is C12H14BrFN2. The molecule has 0 bridgehead atoms. The van der Waals surface area contributed by atoms with Gasteiger partial charge in [-0.25, -0.2) is 4.39 Å². The number of nitrogens with two attached hydrogens (primary N) is 1. The predicted octanol–water partition coefficient (Wildman–Crippen LogP) is 2.20. The maximum Gasteiger partial charge on any atom is 0.128 e. The molecule has 1 atom stereocenters. The zero-order chi connectivity index (χ0) is 12.0. The van der Waals surface area contributed by atoms with E-state index in [1.165, 1.54) is 6.07 Å². The van der Waals surface area contributed by atoms with Gasteiger partial charge in [0.05, 0.1) is 6.54 Å². The van der Waals surface area contributed by atoms with E-state index in [-0.39, 0.29) is 11.9 Å². The fourth-order valence-electron chi connectivity index (χ4n) is 1.36. The van der Waals surface area contributed by atoms with Crippen LogP contribution in [0.4, 0.5) is 4.39 Å². The molecule has 16 heavy (non-hydrogen) atoms. The molecule has 3 N–H and O–H groups in total. The van der Waals surface area contributed by atoms with Crippen molar-refractivity contribution < 1.29 is 4.39 Å². The van der Waals surface area contributed by atoms with Crippen LogP contribution in [0.25, 0.3) is 0 Å². The predicted molar refractivity (Wildman–Crippen MR) is 67.3 cm³/mol. The zero-order valence-corrected chi connectivity index (χ0v) is 10.6. The van der Waals surface area contributed by atoms with Gasteiger partial charge in [-0.1, -0.05) is 21.9 Å². The monoisotopic (exact) mass is 284 g/mol. The molecule has 0 aliphatic carbocycles. The first-order valence-electron chi connectivity index (χ1n) is 4.97. The number of rotatable bonds is 4. The second kappa shape index (κ2) is 6.64. The molecule has 1 aromatic carbocycles. The second-order valence-electron chi connectivity index (χ2n) is 3.26. The molecule has 0 aliphatic heterocycles. The van der Waals surface area contributed by atoms with Crippen LogP contribution < -0.4 is 11.1 Å². The Morgan fingerprint density at radius 1 is 1.56 bits per heavy atom. The van der Waals surface area contributed by atoms with E-state index < -0.39 is 0 Å². The molecule has 4 heteroatoms. The van der Waals surface area contributed by atoms with Crippen molar-refractivity contribution in [1.29, 1.82) is 0 Å². The van der Waals surface area contributed by atoms with E-state index in [9.17, 15) is 4.39 Å². The number of hydrogen-bond acceptors (Lipinski definition) is 2. The Kier molecular flexibility index (Phi) is 5.47. The highest BCUT2D eigenvalue weighted by atomic mass is 79.9. The lowest BCUT2D eigenvalue weighted by molar-refractivity contribution is 0.529. The average molecular weight is 285 g/mol. The standard InChI is InChI=1S/C12H14BrFN2/c1-2-3-6-16-12(8-15)10-7-9(13)4-5-11(10)14/h4-5,7,12,16H,6,8,15H2,1H3. The van der Waals surface area contributed by atoms with Crippen LogP contribution in [0.5, 0.6) is 0 Å². The largest absolute Gasteiger partial charge is 0.329 e. The molecule has 0 aliphatic rings. The van der Waals surface area contributed by atoms with Crippen LogP contribution in [-0.2, 0) is 0 Å². The van der Waals surface area contributed by atoms with Crippen LogP contribution in [0, 0.1) is 17.7 Å². The SMILES string of the molecule is CC#CCNC(CN)c1cc(Br)ccc1F. The van der Waals surface area contributed by atoms with Gasteiger partial charge in [-0.05, 0) is 25.1 Å². The molecule has 0 saturated heterocycles. The molecule has 1 rings (SSSR count). The summed E-state index contributed by atoms with van der Waals surface area (Å²) >= 11 is 3.31. The van der Waals surface area contributed by atoms with Crippen LogP contribution in [0.3, 0.4) is 0 Å². The Balaban J connectivity index is 2.84. The Hall–Kier alpha value is -0.890. The summed E-state index contributed by atoms with van der Waals surface area (Å²) in [5.41, 5.74) is 6.18. The first kappa shape index (κ1) is 13.2. The van der Waals surface area contributed by atoms with Gasteiger partial charge in [0.1, 0.15) is 5.82 Å². The fourth-order valence-corrected chi connectivity index (χ4v) is 1.74. The number of benzene rings is 1. The van der Waals surface area contributed by atoms with Crippen molar-refractivity contribution in [2.24, 2.45) is 5.73 Å². The van der Waals surface area contributed by atoms with Gasteiger partial charge < -0.3 is 5.73 Å². The van der Waals surface area contributed by atoms with Gasteiger partial charge in [-0.3, -0.25) is 5.32 Å². The van der Waals surface area contributed by atoms with Crippen LogP contribution >= 0.6 is 15.9 Å². The van der Waals surface area contributed by atoms with Gasteiger partial charge >= 0.3 is 0 Å². The van der Waals surface area contributed by atoms with Crippen LogP contribution in [0.2, 0.25) is 0 Å². The summed E-state index contributed by atoms with van der Waals surface area (Å²) in [6.07, 6.45) is 0. The van der Waals surface area contributed by atoms with E-state index in [0.29, 0.717) is 18.7 Å².